The molecule has 0 aliphatic heterocycles. The zero-order chi connectivity index (χ0) is 33.4. The molecule has 0 unspecified atom stereocenters. The third-order valence-corrected chi connectivity index (χ3v) is 10.1. The van der Waals surface area contributed by atoms with Gasteiger partial charge in [0, 0.05) is 40.1 Å². The molecule has 0 spiro atoms. The smallest absolute Gasteiger partial charge is 0.264 e. The second-order valence-corrected chi connectivity index (χ2v) is 14.4. The molecule has 0 saturated heterocycles. The summed E-state index contributed by atoms with van der Waals surface area (Å²) in [5.74, 6) is -0.859. The molecule has 4 aromatic rings. The fourth-order valence-electron chi connectivity index (χ4n) is 4.91. The van der Waals surface area contributed by atoms with Crippen LogP contribution in [0.2, 0.25) is 15.1 Å². The van der Waals surface area contributed by atoms with E-state index in [1.165, 1.54) is 23.1 Å². The topological polar surface area (TPSA) is 86.8 Å². The molecule has 1 N–H and O–H groups in total. The average Bonchev–Trinajstić information content (AvgIpc) is 3.03. The van der Waals surface area contributed by atoms with Crippen molar-refractivity contribution in [2.75, 3.05) is 17.4 Å². The summed E-state index contributed by atoms with van der Waals surface area (Å²) in [6.07, 6.45) is 0.167. The number of hydrogen-bond donors (Lipinski definition) is 1. The Morgan fingerprint density at radius 3 is 2.04 bits per heavy atom. The van der Waals surface area contributed by atoms with E-state index >= 15 is 0 Å². The van der Waals surface area contributed by atoms with Crippen LogP contribution < -0.4 is 9.62 Å². The van der Waals surface area contributed by atoms with Crippen LogP contribution in [0.1, 0.15) is 30.5 Å². The van der Waals surface area contributed by atoms with E-state index in [4.69, 9.17) is 34.8 Å². The maximum absolute atomic E-state index is 14.6. The van der Waals surface area contributed by atoms with E-state index in [-0.39, 0.29) is 35.4 Å². The Morgan fingerprint density at radius 1 is 0.826 bits per heavy atom. The highest BCUT2D eigenvalue weighted by molar-refractivity contribution is 7.92. The van der Waals surface area contributed by atoms with E-state index < -0.39 is 28.5 Å². The number of sulfonamides is 1. The van der Waals surface area contributed by atoms with Crippen molar-refractivity contribution < 1.29 is 18.0 Å². The lowest BCUT2D eigenvalue weighted by atomic mass is 10.0. The number of carbonyl (C=O) groups is 2. The lowest BCUT2D eigenvalue weighted by Gasteiger charge is -2.34. The summed E-state index contributed by atoms with van der Waals surface area (Å²) in [7, 11) is -4.26. The largest absolute Gasteiger partial charge is 0.354 e. The Balaban J connectivity index is 1.86. The fraction of sp³-hybridized carbons (Fsp3) is 0.257. The number of amides is 2. The molecule has 2 amide bonds. The number of aryl methyl sites for hydroxylation is 1. The van der Waals surface area contributed by atoms with Crippen LogP contribution in [0.3, 0.4) is 0 Å². The van der Waals surface area contributed by atoms with Gasteiger partial charge >= 0.3 is 0 Å². The van der Waals surface area contributed by atoms with E-state index in [0.29, 0.717) is 32.7 Å². The lowest BCUT2D eigenvalue weighted by Crippen LogP contribution is -2.54. The Morgan fingerprint density at radius 2 is 1.43 bits per heavy atom. The summed E-state index contributed by atoms with van der Waals surface area (Å²) in [4.78, 5) is 29.9. The number of nitrogens with zero attached hydrogens (tertiary/aromatic N) is 2. The van der Waals surface area contributed by atoms with Crippen LogP contribution in [0.5, 0.6) is 0 Å². The normalized spacial score (nSPS) is 12.1. The third-order valence-electron chi connectivity index (χ3n) is 7.40. The van der Waals surface area contributed by atoms with Crippen molar-refractivity contribution in [3.63, 3.8) is 0 Å². The highest BCUT2D eigenvalue weighted by atomic mass is 35.5. The molecule has 4 aromatic carbocycles. The average molecular weight is 701 g/mol. The monoisotopic (exact) mass is 699 g/mol. The Labute approximate surface area is 286 Å². The molecule has 0 saturated carbocycles. The van der Waals surface area contributed by atoms with Gasteiger partial charge in [-0.25, -0.2) is 8.42 Å². The molecule has 46 heavy (non-hydrogen) atoms. The number of halogens is 3. The minimum atomic E-state index is -4.26. The van der Waals surface area contributed by atoms with E-state index in [0.717, 1.165) is 9.87 Å². The summed E-state index contributed by atoms with van der Waals surface area (Å²) in [5, 5.41) is 3.89. The van der Waals surface area contributed by atoms with Crippen LogP contribution in [0, 0.1) is 12.8 Å². The third kappa shape index (κ3) is 8.82. The van der Waals surface area contributed by atoms with Crippen molar-refractivity contribution in [1.29, 1.82) is 0 Å². The minimum Gasteiger partial charge on any atom is -0.354 e. The molecule has 0 aromatic heterocycles. The van der Waals surface area contributed by atoms with Gasteiger partial charge in [0.05, 0.1) is 10.6 Å². The van der Waals surface area contributed by atoms with Crippen LogP contribution in [0.4, 0.5) is 5.69 Å². The standard InChI is InChI=1S/C35H36Cl3N3O4S/c1-24(2)21-39-35(43)33(19-26-11-6-4-7-12-26)40(22-29-30(37)15-10-16-31(29)38)34(42)23-41(32-20-27(36)18-17-25(32)3)46(44,45)28-13-8-5-9-14-28/h4-18,20,24,33H,19,21-23H2,1-3H3,(H,39,43)/t33-/m1/s1. The molecule has 0 bridgehead atoms. The number of rotatable bonds is 13. The van der Waals surface area contributed by atoms with Crippen molar-refractivity contribution in [3.05, 3.63) is 129 Å². The molecule has 11 heteroatoms. The van der Waals surface area contributed by atoms with Gasteiger partial charge in [0.25, 0.3) is 10.0 Å². The summed E-state index contributed by atoms with van der Waals surface area (Å²) < 4.78 is 29.4. The zero-order valence-electron chi connectivity index (χ0n) is 25.8. The van der Waals surface area contributed by atoms with Gasteiger partial charge in [0.2, 0.25) is 11.8 Å². The maximum Gasteiger partial charge on any atom is 0.264 e. The summed E-state index contributed by atoms with van der Waals surface area (Å²) in [6.45, 7) is 5.30. The van der Waals surface area contributed by atoms with Crippen molar-refractivity contribution in [1.82, 2.24) is 10.2 Å². The highest BCUT2D eigenvalue weighted by Gasteiger charge is 2.35. The predicted octanol–water partition coefficient (Wildman–Crippen LogP) is 7.56. The van der Waals surface area contributed by atoms with Gasteiger partial charge in [-0.15, -0.1) is 0 Å². The first-order chi connectivity index (χ1) is 21.9. The molecule has 7 nitrogen and oxygen atoms in total. The molecule has 0 fully saturated rings. The molecule has 0 aliphatic carbocycles. The number of anilines is 1. The SMILES string of the molecule is Cc1ccc(Cl)cc1N(CC(=O)N(Cc1c(Cl)cccc1Cl)[C@H](Cc1ccccc1)C(=O)NCC(C)C)S(=O)(=O)c1ccccc1. The van der Waals surface area contributed by atoms with Gasteiger partial charge in [-0.2, -0.15) is 0 Å². The molecule has 4 rings (SSSR count). The summed E-state index contributed by atoms with van der Waals surface area (Å²) in [5.41, 5.74) is 2.08. The van der Waals surface area contributed by atoms with E-state index in [1.807, 2.05) is 44.2 Å². The Bertz CT molecular complexity index is 1750. The van der Waals surface area contributed by atoms with Gasteiger partial charge in [0.15, 0.2) is 0 Å². The first kappa shape index (κ1) is 35.3. The van der Waals surface area contributed by atoms with E-state index in [2.05, 4.69) is 5.32 Å². The predicted molar refractivity (Wildman–Crippen MR) is 186 cm³/mol. The molecule has 1 atom stereocenters. The Hall–Kier alpha value is -3.56. The molecular weight excluding hydrogens is 665 g/mol. The number of hydrogen-bond acceptors (Lipinski definition) is 4. The number of carbonyl (C=O) groups excluding carboxylic acids is 2. The fourth-order valence-corrected chi connectivity index (χ4v) is 7.09. The van der Waals surface area contributed by atoms with Gasteiger partial charge < -0.3 is 10.2 Å². The van der Waals surface area contributed by atoms with Crippen LogP contribution >= 0.6 is 34.8 Å². The second kappa shape index (κ2) is 15.8. The molecule has 242 valence electrons. The number of benzene rings is 4. The summed E-state index contributed by atoms with van der Waals surface area (Å²) in [6, 6.07) is 26.0. The van der Waals surface area contributed by atoms with Crippen molar-refractivity contribution in [3.8, 4) is 0 Å². The molecule has 0 aliphatic rings. The summed E-state index contributed by atoms with van der Waals surface area (Å²) >= 11 is 19.5. The van der Waals surface area contributed by atoms with Gasteiger partial charge in [-0.1, -0.05) is 109 Å². The van der Waals surface area contributed by atoms with Gasteiger partial charge in [-0.05, 0) is 60.4 Å². The molecule has 0 radical (unpaired) electrons. The maximum atomic E-state index is 14.6. The second-order valence-electron chi connectivity index (χ2n) is 11.3. The van der Waals surface area contributed by atoms with Crippen LogP contribution in [0.25, 0.3) is 0 Å². The lowest BCUT2D eigenvalue weighted by molar-refractivity contribution is -0.140. The van der Waals surface area contributed by atoms with Gasteiger partial charge in [0.1, 0.15) is 12.6 Å². The van der Waals surface area contributed by atoms with E-state index in [9.17, 15) is 18.0 Å². The van der Waals surface area contributed by atoms with Crippen molar-refractivity contribution in [2.24, 2.45) is 5.92 Å². The highest BCUT2D eigenvalue weighted by Crippen LogP contribution is 2.31. The zero-order valence-corrected chi connectivity index (χ0v) is 28.9. The first-order valence-corrected chi connectivity index (χ1v) is 17.3. The van der Waals surface area contributed by atoms with E-state index in [1.54, 1.807) is 55.5 Å². The van der Waals surface area contributed by atoms with Gasteiger partial charge in [-0.3, -0.25) is 13.9 Å². The van der Waals surface area contributed by atoms with Crippen molar-refractivity contribution in [2.45, 2.75) is 44.7 Å². The van der Waals surface area contributed by atoms with Crippen molar-refractivity contribution >= 4 is 62.3 Å². The molecular formula is C35H36Cl3N3O4S. The first-order valence-electron chi connectivity index (χ1n) is 14.8. The molecule has 0 heterocycles. The van der Waals surface area contributed by atoms with Crippen LogP contribution in [-0.2, 0) is 32.6 Å². The van der Waals surface area contributed by atoms with Crippen LogP contribution in [0.15, 0.2) is 102 Å². The Kier molecular flexibility index (Phi) is 12.1. The minimum absolute atomic E-state index is 0.00149. The van der Waals surface area contributed by atoms with Crippen LogP contribution in [-0.4, -0.2) is 44.3 Å². The quantitative estimate of drug-likeness (QED) is 0.156. The number of nitrogens with one attached hydrogen (secondary N) is 1.